The van der Waals surface area contributed by atoms with Crippen LogP contribution in [-0.2, 0) is 11.2 Å². The van der Waals surface area contributed by atoms with Crippen LogP contribution >= 0.6 is 0 Å². The molecule has 3 heteroatoms. The maximum absolute atomic E-state index is 5.21. The van der Waals surface area contributed by atoms with Gasteiger partial charge in [0.2, 0.25) is 0 Å². The van der Waals surface area contributed by atoms with Crippen LogP contribution in [0.2, 0.25) is 0 Å². The molecule has 20 heavy (non-hydrogen) atoms. The summed E-state index contributed by atoms with van der Waals surface area (Å²) < 4.78 is 5.21. The Labute approximate surface area is 124 Å². The molecule has 0 spiro atoms. The number of ether oxygens (including phenoxy) is 1. The second-order valence-electron chi connectivity index (χ2n) is 5.22. The largest absolute Gasteiger partial charge is 0.383 e. The van der Waals surface area contributed by atoms with Crippen LogP contribution in [0.25, 0.3) is 0 Å². The average Bonchev–Trinajstić information content (AvgIpc) is 2.49. The van der Waals surface area contributed by atoms with E-state index >= 15 is 0 Å². The normalized spacial score (nSPS) is 14.5. The Kier molecular flexibility index (Phi) is 7.82. The van der Waals surface area contributed by atoms with Crippen LogP contribution in [0, 0.1) is 0 Å². The molecule has 0 radical (unpaired) electrons. The summed E-state index contributed by atoms with van der Waals surface area (Å²) in [6.07, 6.45) is 1.09. The molecule has 0 aliphatic carbocycles. The van der Waals surface area contributed by atoms with Crippen molar-refractivity contribution in [3.8, 4) is 0 Å². The number of hydrogen-bond donors (Lipinski definition) is 1. The SMILES string of the molecule is CCc1ccc(C(NC)C(C)N(CC)CCOC)cc1. The number of aryl methyl sites for hydroxylation is 1. The molecule has 2 unspecified atom stereocenters. The number of nitrogens with one attached hydrogen (secondary N) is 1. The Morgan fingerprint density at radius 2 is 1.85 bits per heavy atom. The van der Waals surface area contributed by atoms with Gasteiger partial charge in [0.05, 0.1) is 6.61 Å². The highest BCUT2D eigenvalue weighted by atomic mass is 16.5. The zero-order valence-corrected chi connectivity index (χ0v) is 13.6. The molecule has 0 aliphatic rings. The van der Waals surface area contributed by atoms with Crippen molar-refractivity contribution >= 4 is 0 Å². The minimum absolute atomic E-state index is 0.345. The van der Waals surface area contributed by atoms with Crippen LogP contribution in [-0.4, -0.2) is 44.8 Å². The van der Waals surface area contributed by atoms with Crippen molar-refractivity contribution in [3.63, 3.8) is 0 Å². The van der Waals surface area contributed by atoms with Crippen molar-refractivity contribution in [1.29, 1.82) is 0 Å². The number of hydrogen-bond acceptors (Lipinski definition) is 3. The summed E-state index contributed by atoms with van der Waals surface area (Å²) in [6.45, 7) is 9.47. The van der Waals surface area contributed by atoms with Crippen molar-refractivity contribution in [2.45, 2.75) is 39.3 Å². The molecule has 0 fully saturated rings. The van der Waals surface area contributed by atoms with Crippen LogP contribution in [0.1, 0.15) is 37.9 Å². The van der Waals surface area contributed by atoms with Crippen molar-refractivity contribution < 1.29 is 4.74 Å². The summed E-state index contributed by atoms with van der Waals surface area (Å²) in [5.41, 5.74) is 2.75. The molecule has 0 aromatic heterocycles. The van der Waals surface area contributed by atoms with E-state index in [9.17, 15) is 0 Å². The average molecular weight is 278 g/mol. The number of benzene rings is 1. The molecule has 0 heterocycles. The summed E-state index contributed by atoms with van der Waals surface area (Å²) >= 11 is 0. The molecule has 114 valence electrons. The minimum atomic E-state index is 0.345. The summed E-state index contributed by atoms with van der Waals surface area (Å²) in [6, 6.07) is 9.75. The summed E-state index contributed by atoms with van der Waals surface area (Å²) in [7, 11) is 3.80. The van der Waals surface area contributed by atoms with Crippen molar-refractivity contribution in [3.05, 3.63) is 35.4 Å². The summed E-state index contributed by atoms with van der Waals surface area (Å²) in [5.74, 6) is 0. The lowest BCUT2D eigenvalue weighted by Gasteiger charge is -2.34. The zero-order chi connectivity index (χ0) is 15.0. The molecule has 2 atom stereocenters. The van der Waals surface area contributed by atoms with Crippen LogP contribution in [0.3, 0.4) is 0 Å². The number of rotatable bonds is 9. The van der Waals surface area contributed by atoms with Gasteiger partial charge in [-0.2, -0.15) is 0 Å². The third kappa shape index (κ3) is 4.58. The number of nitrogens with zero attached hydrogens (tertiary/aromatic N) is 1. The molecule has 1 aromatic rings. The first-order valence-corrected chi connectivity index (χ1v) is 7.66. The van der Waals surface area contributed by atoms with Gasteiger partial charge >= 0.3 is 0 Å². The van der Waals surface area contributed by atoms with E-state index in [0.29, 0.717) is 12.1 Å². The van der Waals surface area contributed by atoms with E-state index in [-0.39, 0.29) is 0 Å². The summed E-state index contributed by atoms with van der Waals surface area (Å²) in [4.78, 5) is 2.46. The lowest BCUT2D eigenvalue weighted by molar-refractivity contribution is 0.114. The predicted molar refractivity (Wildman–Crippen MR) is 86.2 cm³/mol. The quantitative estimate of drug-likeness (QED) is 0.752. The number of likely N-dealkylation sites (N-methyl/N-ethyl adjacent to an activating group) is 2. The van der Waals surface area contributed by atoms with Crippen LogP contribution in [0.15, 0.2) is 24.3 Å². The third-order valence-electron chi connectivity index (χ3n) is 4.11. The molecule has 3 nitrogen and oxygen atoms in total. The van der Waals surface area contributed by atoms with Gasteiger partial charge in [0.15, 0.2) is 0 Å². The Morgan fingerprint density at radius 1 is 1.20 bits per heavy atom. The van der Waals surface area contributed by atoms with Gasteiger partial charge in [-0.1, -0.05) is 38.1 Å². The van der Waals surface area contributed by atoms with Crippen LogP contribution < -0.4 is 5.32 Å². The Hall–Kier alpha value is -0.900. The van der Waals surface area contributed by atoms with E-state index in [4.69, 9.17) is 4.74 Å². The highest BCUT2D eigenvalue weighted by Gasteiger charge is 2.22. The smallest absolute Gasteiger partial charge is 0.0589 e. The minimum Gasteiger partial charge on any atom is -0.383 e. The molecule has 1 N–H and O–H groups in total. The van der Waals surface area contributed by atoms with E-state index in [1.807, 2.05) is 7.05 Å². The molecule has 0 saturated carbocycles. The van der Waals surface area contributed by atoms with Crippen molar-refractivity contribution in [2.75, 3.05) is 33.9 Å². The van der Waals surface area contributed by atoms with Gasteiger partial charge in [-0.3, -0.25) is 4.90 Å². The van der Waals surface area contributed by atoms with E-state index < -0.39 is 0 Å². The highest BCUT2D eigenvalue weighted by molar-refractivity contribution is 5.26. The molecule has 0 amide bonds. The number of methoxy groups -OCH3 is 1. The molecular formula is C17H30N2O. The van der Waals surface area contributed by atoms with Crippen molar-refractivity contribution in [1.82, 2.24) is 10.2 Å². The van der Waals surface area contributed by atoms with E-state index in [2.05, 4.69) is 55.3 Å². The maximum atomic E-state index is 5.21. The monoisotopic (exact) mass is 278 g/mol. The van der Waals surface area contributed by atoms with Gasteiger partial charge in [-0.05, 0) is 38.1 Å². The van der Waals surface area contributed by atoms with Gasteiger partial charge < -0.3 is 10.1 Å². The molecule has 1 aromatic carbocycles. The van der Waals surface area contributed by atoms with Gasteiger partial charge in [0.25, 0.3) is 0 Å². The first-order valence-electron chi connectivity index (χ1n) is 7.66. The Bertz CT molecular complexity index is 364. The topological polar surface area (TPSA) is 24.5 Å². The Morgan fingerprint density at radius 3 is 2.30 bits per heavy atom. The van der Waals surface area contributed by atoms with Gasteiger partial charge in [-0.25, -0.2) is 0 Å². The first-order chi connectivity index (χ1) is 9.67. The highest BCUT2D eigenvalue weighted by Crippen LogP contribution is 2.21. The van der Waals surface area contributed by atoms with Gasteiger partial charge in [0.1, 0.15) is 0 Å². The molecule has 1 rings (SSSR count). The maximum Gasteiger partial charge on any atom is 0.0589 e. The fourth-order valence-corrected chi connectivity index (χ4v) is 2.72. The molecule has 0 bridgehead atoms. The summed E-state index contributed by atoms with van der Waals surface area (Å²) in [5, 5.41) is 3.46. The fraction of sp³-hybridized carbons (Fsp3) is 0.647. The first kappa shape index (κ1) is 17.2. The molecular weight excluding hydrogens is 248 g/mol. The standard InChI is InChI=1S/C17H30N2O/c1-6-15-8-10-16(11-9-15)17(18-4)14(3)19(7-2)12-13-20-5/h8-11,14,17-18H,6-7,12-13H2,1-5H3. The van der Waals surface area contributed by atoms with Crippen LogP contribution in [0.5, 0.6) is 0 Å². The van der Waals surface area contributed by atoms with E-state index in [1.165, 1.54) is 11.1 Å². The van der Waals surface area contributed by atoms with E-state index in [1.54, 1.807) is 7.11 Å². The predicted octanol–water partition coefficient (Wildman–Crippen LogP) is 2.87. The van der Waals surface area contributed by atoms with E-state index in [0.717, 1.165) is 26.1 Å². The lowest BCUT2D eigenvalue weighted by atomic mass is 9.97. The zero-order valence-electron chi connectivity index (χ0n) is 13.6. The third-order valence-corrected chi connectivity index (χ3v) is 4.11. The molecule has 0 saturated heterocycles. The van der Waals surface area contributed by atoms with Crippen LogP contribution in [0.4, 0.5) is 0 Å². The van der Waals surface area contributed by atoms with Gasteiger partial charge in [-0.15, -0.1) is 0 Å². The molecule has 0 aliphatic heterocycles. The lowest BCUT2D eigenvalue weighted by Crippen LogP contribution is -2.43. The second kappa shape index (κ2) is 9.11. The fourth-order valence-electron chi connectivity index (χ4n) is 2.72. The Balaban J connectivity index is 2.80. The second-order valence-corrected chi connectivity index (χ2v) is 5.22. The van der Waals surface area contributed by atoms with Gasteiger partial charge in [0, 0.05) is 25.7 Å². The van der Waals surface area contributed by atoms with Crippen molar-refractivity contribution in [2.24, 2.45) is 0 Å².